The summed E-state index contributed by atoms with van der Waals surface area (Å²) >= 11 is 11.2. The Morgan fingerprint density at radius 2 is 1.83 bits per heavy atom. The second-order valence-corrected chi connectivity index (χ2v) is 9.10. The summed E-state index contributed by atoms with van der Waals surface area (Å²) in [6, 6.07) is 20.1. The van der Waals surface area contributed by atoms with Gasteiger partial charge in [-0.25, -0.2) is 4.98 Å². The Bertz CT molecular complexity index is 1130. The summed E-state index contributed by atoms with van der Waals surface area (Å²) < 4.78 is 12.6. The van der Waals surface area contributed by atoms with E-state index in [9.17, 15) is 0 Å². The highest BCUT2D eigenvalue weighted by molar-refractivity contribution is 9.10. The average molecular weight is 504 g/mol. The van der Waals surface area contributed by atoms with E-state index in [0.29, 0.717) is 18.2 Å². The molecule has 0 amide bonds. The van der Waals surface area contributed by atoms with Gasteiger partial charge in [0.25, 0.3) is 0 Å². The number of halogens is 2. The molecule has 1 heterocycles. The van der Waals surface area contributed by atoms with Crippen molar-refractivity contribution in [2.75, 3.05) is 25.6 Å². The number of anilines is 1. The monoisotopic (exact) mass is 502 g/mol. The van der Waals surface area contributed by atoms with Crippen LogP contribution in [0.4, 0.5) is 5.13 Å². The summed E-state index contributed by atoms with van der Waals surface area (Å²) in [5.41, 5.74) is 1.02. The molecule has 1 aromatic heterocycles. The summed E-state index contributed by atoms with van der Waals surface area (Å²) in [5.74, 6) is 0.798. The molecule has 0 bridgehead atoms. The highest BCUT2D eigenvalue weighted by Crippen LogP contribution is 2.35. The van der Waals surface area contributed by atoms with Gasteiger partial charge in [-0.3, -0.25) is 0 Å². The molecule has 1 N–H and O–H groups in total. The average Bonchev–Trinajstić information content (AvgIpc) is 3.21. The standard InChI is InChI=1S/C23H20BrClN2O2S/c1-28-11-10-26-23-27-14-21(30-23)22(15-3-7-19(25)8-4-15)29-20-9-5-16-12-18(24)6-2-17(16)13-20/h2-9,12-14,22H,10-11H2,1H3,(H,26,27). The van der Waals surface area contributed by atoms with Crippen LogP contribution >= 0.6 is 38.9 Å². The number of hydrogen-bond donors (Lipinski definition) is 1. The van der Waals surface area contributed by atoms with Crippen molar-refractivity contribution >= 4 is 54.8 Å². The summed E-state index contributed by atoms with van der Waals surface area (Å²) in [6.45, 7) is 1.33. The maximum Gasteiger partial charge on any atom is 0.183 e. The topological polar surface area (TPSA) is 43.4 Å². The molecule has 4 nitrogen and oxygen atoms in total. The maximum atomic E-state index is 6.47. The lowest BCUT2D eigenvalue weighted by Gasteiger charge is -2.19. The normalized spacial score (nSPS) is 12.1. The number of aromatic nitrogens is 1. The van der Waals surface area contributed by atoms with Gasteiger partial charge >= 0.3 is 0 Å². The molecule has 0 spiro atoms. The molecular formula is C23H20BrClN2O2S. The fourth-order valence-electron chi connectivity index (χ4n) is 3.08. The van der Waals surface area contributed by atoms with Crippen LogP contribution in [0.1, 0.15) is 16.5 Å². The molecule has 1 unspecified atom stereocenters. The third-order valence-electron chi connectivity index (χ3n) is 4.56. The van der Waals surface area contributed by atoms with Gasteiger partial charge in [-0.15, -0.1) is 0 Å². The molecule has 30 heavy (non-hydrogen) atoms. The fourth-order valence-corrected chi connectivity index (χ4v) is 4.49. The number of rotatable bonds is 8. The van der Waals surface area contributed by atoms with Crippen LogP contribution in [0, 0.1) is 0 Å². The molecule has 0 radical (unpaired) electrons. The Kier molecular flexibility index (Phi) is 6.89. The quantitative estimate of drug-likeness (QED) is 0.265. The lowest BCUT2D eigenvalue weighted by Crippen LogP contribution is -2.08. The maximum absolute atomic E-state index is 6.47. The summed E-state index contributed by atoms with van der Waals surface area (Å²) in [5, 5.41) is 7.09. The third kappa shape index (κ3) is 5.13. The van der Waals surface area contributed by atoms with Gasteiger partial charge in [-0.1, -0.05) is 63.1 Å². The Labute approximate surface area is 192 Å². The van der Waals surface area contributed by atoms with Gasteiger partial charge in [0.05, 0.1) is 11.5 Å². The first-order chi connectivity index (χ1) is 14.6. The minimum absolute atomic E-state index is 0.286. The minimum Gasteiger partial charge on any atom is -0.480 e. The van der Waals surface area contributed by atoms with Gasteiger partial charge in [0, 0.05) is 29.3 Å². The molecule has 0 saturated heterocycles. The van der Waals surface area contributed by atoms with E-state index in [4.69, 9.17) is 21.1 Å². The molecule has 3 aromatic carbocycles. The number of thiazole rings is 1. The Hall–Kier alpha value is -2.12. The van der Waals surface area contributed by atoms with Crippen molar-refractivity contribution in [2.24, 2.45) is 0 Å². The number of benzene rings is 3. The molecule has 4 rings (SSSR count). The van der Waals surface area contributed by atoms with Crippen molar-refractivity contribution in [1.82, 2.24) is 4.98 Å². The van der Waals surface area contributed by atoms with E-state index in [1.54, 1.807) is 18.4 Å². The number of methoxy groups -OCH3 is 1. The van der Waals surface area contributed by atoms with E-state index in [0.717, 1.165) is 36.6 Å². The number of fused-ring (bicyclic) bond motifs is 1. The highest BCUT2D eigenvalue weighted by atomic mass is 79.9. The van der Waals surface area contributed by atoms with E-state index in [-0.39, 0.29) is 6.10 Å². The zero-order valence-electron chi connectivity index (χ0n) is 16.3. The van der Waals surface area contributed by atoms with Crippen molar-refractivity contribution in [2.45, 2.75) is 6.10 Å². The molecule has 4 aromatic rings. The number of hydrogen-bond acceptors (Lipinski definition) is 5. The fraction of sp³-hybridized carbons (Fsp3) is 0.174. The number of ether oxygens (including phenoxy) is 2. The van der Waals surface area contributed by atoms with E-state index in [2.05, 4.69) is 50.5 Å². The van der Waals surface area contributed by atoms with Gasteiger partial charge in [0.15, 0.2) is 11.2 Å². The zero-order chi connectivity index (χ0) is 20.9. The van der Waals surface area contributed by atoms with Crippen LogP contribution in [0.3, 0.4) is 0 Å². The summed E-state index contributed by atoms with van der Waals surface area (Å²) in [7, 11) is 1.68. The molecule has 0 aliphatic carbocycles. The second kappa shape index (κ2) is 9.79. The van der Waals surface area contributed by atoms with Crippen molar-refractivity contribution < 1.29 is 9.47 Å². The van der Waals surface area contributed by atoms with Crippen molar-refractivity contribution in [3.05, 3.63) is 86.8 Å². The molecule has 7 heteroatoms. The van der Waals surface area contributed by atoms with Crippen LogP contribution in [-0.2, 0) is 4.74 Å². The Morgan fingerprint density at radius 3 is 2.63 bits per heavy atom. The first kappa shape index (κ1) is 21.1. The molecule has 154 valence electrons. The van der Waals surface area contributed by atoms with Gasteiger partial charge < -0.3 is 14.8 Å². The van der Waals surface area contributed by atoms with Gasteiger partial charge in [0.2, 0.25) is 0 Å². The molecule has 0 saturated carbocycles. The van der Waals surface area contributed by atoms with Crippen LogP contribution in [0.15, 0.2) is 71.3 Å². The van der Waals surface area contributed by atoms with Gasteiger partial charge in [0.1, 0.15) is 5.75 Å². The lowest BCUT2D eigenvalue weighted by molar-refractivity contribution is 0.211. The van der Waals surface area contributed by atoms with Crippen LogP contribution in [-0.4, -0.2) is 25.2 Å². The van der Waals surface area contributed by atoms with Crippen LogP contribution < -0.4 is 10.1 Å². The predicted octanol–water partition coefficient (Wildman–Crippen LogP) is 6.94. The smallest absolute Gasteiger partial charge is 0.183 e. The molecule has 1 atom stereocenters. The first-order valence-electron chi connectivity index (χ1n) is 9.42. The number of nitrogens with one attached hydrogen (secondary N) is 1. The largest absolute Gasteiger partial charge is 0.480 e. The summed E-state index contributed by atoms with van der Waals surface area (Å²) in [6.07, 6.45) is 1.57. The molecule has 0 aliphatic heterocycles. The Balaban J connectivity index is 1.64. The molecule has 0 fully saturated rings. The zero-order valence-corrected chi connectivity index (χ0v) is 19.4. The van der Waals surface area contributed by atoms with Crippen molar-refractivity contribution in [3.63, 3.8) is 0 Å². The van der Waals surface area contributed by atoms with E-state index in [1.807, 2.05) is 42.6 Å². The molecular weight excluding hydrogens is 484 g/mol. The second-order valence-electron chi connectivity index (χ2n) is 6.69. The van der Waals surface area contributed by atoms with Crippen LogP contribution in [0.5, 0.6) is 5.75 Å². The summed E-state index contributed by atoms with van der Waals surface area (Å²) in [4.78, 5) is 5.50. The van der Waals surface area contributed by atoms with Crippen molar-refractivity contribution in [1.29, 1.82) is 0 Å². The predicted molar refractivity (Wildman–Crippen MR) is 128 cm³/mol. The van der Waals surface area contributed by atoms with E-state index < -0.39 is 0 Å². The minimum atomic E-state index is -0.286. The van der Waals surface area contributed by atoms with Crippen LogP contribution in [0.2, 0.25) is 5.02 Å². The SMILES string of the molecule is COCCNc1ncc(C(Oc2ccc3cc(Br)ccc3c2)c2ccc(Cl)cc2)s1. The van der Waals surface area contributed by atoms with Crippen LogP contribution in [0.25, 0.3) is 10.8 Å². The van der Waals surface area contributed by atoms with Gasteiger partial charge in [-0.2, -0.15) is 0 Å². The lowest BCUT2D eigenvalue weighted by atomic mass is 10.1. The van der Waals surface area contributed by atoms with Crippen molar-refractivity contribution in [3.8, 4) is 5.75 Å². The Morgan fingerprint density at radius 1 is 1.07 bits per heavy atom. The van der Waals surface area contributed by atoms with E-state index >= 15 is 0 Å². The first-order valence-corrected chi connectivity index (χ1v) is 11.4. The highest BCUT2D eigenvalue weighted by Gasteiger charge is 2.20. The van der Waals surface area contributed by atoms with Gasteiger partial charge in [-0.05, 0) is 52.7 Å². The number of nitrogens with zero attached hydrogens (tertiary/aromatic N) is 1. The third-order valence-corrected chi connectivity index (χ3v) is 6.31. The molecule has 0 aliphatic rings. The van der Waals surface area contributed by atoms with E-state index in [1.165, 1.54) is 0 Å².